The number of para-hydroxylation sites is 1. The molecule has 4 heteroatoms. The van der Waals surface area contributed by atoms with Crippen LogP contribution in [0.4, 0.5) is 6.01 Å². The van der Waals surface area contributed by atoms with Crippen molar-refractivity contribution in [2.24, 2.45) is 4.99 Å². The molecule has 0 aliphatic rings. The number of oxazole rings is 1. The SMILES string of the molecule is C(=N\c1nc(-c2cc3ccccc3o2)co1)/c1ccccc1. The van der Waals surface area contributed by atoms with Crippen LogP contribution in [0.15, 0.2) is 80.8 Å². The number of benzene rings is 2. The molecule has 2 heterocycles. The second-order valence-electron chi connectivity index (χ2n) is 4.83. The van der Waals surface area contributed by atoms with Gasteiger partial charge in [0.25, 0.3) is 0 Å². The Morgan fingerprint density at radius 2 is 1.77 bits per heavy atom. The Bertz CT molecular complexity index is 903. The fraction of sp³-hybridized carbons (Fsp3) is 0. The molecule has 0 bridgehead atoms. The summed E-state index contributed by atoms with van der Waals surface area (Å²) in [4.78, 5) is 8.56. The molecule has 0 radical (unpaired) electrons. The highest BCUT2D eigenvalue weighted by Crippen LogP contribution is 2.28. The first-order valence-electron chi connectivity index (χ1n) is 6.92. The van der Waals surface area contributed by atoms with Gasteiger partial charge in [-0.05, 0) is 17.7 Å². The zero-order valence-electron chi connectivity index (χ0n) is 11.6. The molecule has 0 aliphatic carbocycles. The van der Waals surface area contributed by atoms with Crippen molar-refractivity contribution in [1.29, 1.82) is 0 Å². The first kappa shape index (κ1) is 12.6. The van der Waals surface area contributed by atoms with Gasteiger partial charge in [-0.25, -0.2) is 4.99 Å². The number of aromatic nitrogens is 1. The summed E-state index contributed by atoms with van der Waals surface area (Å²) < 4.78 is 11.1. The molecular formula is C18H12N2O2. The first-order valence-corrected chi connectivity index (χ1v) is 6.92. The van der Waals surface area contributed by atoms with Crippen LogP contribution in [-0.2, 0) is 0 Å². The van der Waals surface area contributed by atoms with Gasteiger partial charge in [0.15, 0.2) is 5.76 Å². The Kier molecular flexibility index (Phi) is 3.05. The van der Waals surface area contributed by atoms with Gasteiger partial charge in [0, 0.05) is 11.6 Å². The number of fused-ring (bicyclic) bond motifs is 1. The summed E-state index contributed by atoms with van der Waals surface area (Å²) in [5, 5.41) is 1.04. The van der Waals surface area contributed by atoms with E-state index in [4.69, 9.17) is 8.83 Å². The van der Waals surface area contributed by atoms with Crippen molar-refractivity contribution in [3.8, 4) is 11.5 Å². The van der Waals surface area contributed by atoms with Crippen LogP contribution >= 0.6 is 0 Å². The molecule has 0 fully saturated rings. The van der Waals surface area contributed by atoms with E-state index < -0.39 is 0 Å². The van der Waals surface area contributed by atoms with Crippen LogP contribution in [-0.4, -0.2) is 11.2 Å². The van der Waals surface area contributed by atoms with Crippen LogP contribution in [0, 0.1) is 0 Å². The highest BCUT2D eigenvalue weighted by Gasteiger charge is 2.10. The molecule has 4 rings (SSSR count). The lowest BCUT2D eigenvalue weighted by Crippen LogP contribution is -1.78. The molecule has 0 spiro atoms. The molecule has 22 heavy (non-hydrogen) atoms. The minimum atomic E-state index is 0.305. The van der Waals surface area contributed by atoms with Crippen LogP contribution in [0.5, 0.6) is 0 Å². The molecule has 0 unspecified atom stereocenters. The maximum Gasteiger partial charge on any atom is 0.322 e. The van der Waals surface area contributed by atoms with E-state index in [-0.39, 0.29) is 0 Å². The molecule has 0 saturated heterocycles. The molecule has 106 valence electrons. The molecule has 4 aromatic rings. The highest BCUT2D eigenvalue weighted by molar-refractivity contribution is 5.82. The van der Waals surface area contributed by atoms with Gasteiger partial charge in [-0.2, -0.15) is 4.98 Å². The molecule has 0 N–H and O–H groups in total. The zero-order chi connectivity index (χ0) is 14.8. The average molecular weight is 288 g/mol. The third-order valence-electron chi connectivity index (χ3n) is 3.29. The fourth-order valence-electron chi connectivity index (χ4n) is 2.21. The maximum absolute atomic E-state index is 5.76. The Morgan fingerprint density at radius 1 is 0.955 bits per heavy atom. The Hall–Kier alpha value is -3.14. The topological polar surface area (TPSA) is 51.5 Å². The molecule has 0 amide bonds. The first-order chi connectivity index (χ1) is 10.9. The van der Waals surface area contributed by atoms with Crippen LogP contribution in [0.1, 0.15) is 5.56 Å². The van der Waals surface area contributed by atoms with Crippen molar-refractivity contribution < 1.29 is 8.83 Å². The monoisotopic (exact) mass is 288 g/mol. The van der Waals surface area contributed by atoms with Crippen molar-refractivity contribution in [3.63, 3.8) is 0 Å². The summed E-state index contributed by atoms with van der Waals surface area (Å²) in [6.45, 7) is 0. The van der Waals surface area contributed by atoms with Gasteiger partial charge in [0.05, 0.1) is 0 Å². The summed E-state index contributed by atoms with van der Waals surface area (Å²) >= 11 is 0. The smallest absolute Gasteiger partial charge is 0.322 e. The number of furan rings is 1. The summed E-state index contributed by atoms with van der Waals surface area (Å²) in [6.07, 6.45) is 3.27. The van der Waals surface area contributed by atoms with E-state index in [0.29, 0.717) is 17.5 Å². The van der Waals surface area contributed by atoms with Crippen LogP contribution < -0.4 is 0 Å². The lowest BCUT2D eigenvalue weighted by molar-refractivity contribution is 0.569. The third kappa shape index (κ3) is 2.42. The molecule has 0 atom stereocenters. The van der Waals surface area contributed by atoms with Gasteiger partial charge in [0.1, 0.15) is 17.5 Å². The van der Waals surface area contributed by atoms with Crippen LogP contribution in [0.2, 0.25) is 0 Å². The van der Waals surface area contributed by atoms with Crippen molar-refractivity contribution in [1.82, 2.24) is 4.98 Å². The quantitative estimate of drug-likeness (QED) is 0.507. The summed E-state index contributed by atoms with van der Waals surface area (Å²) in [7, 11) is 0. The van der Waals surface area contributed by atoms with E-state index in [2.05, 4.69) is 9.98 Å². The van der Waals surface area contributed by atoms with E-state index in [0.717, 1.165) is 16.5 Å². The normalized spacial score (nSPS) is 11.5. The van der Waals surface area contributed by atoms with Crippen LogP contribution in [0.25, 0.3) is 22.4 Å². The predicted molar refractivity (Wildman–Crippen MR) is 85.4 cm³/mol. The van der Waals surface area contributed by atoms with E-state index in [1.807, 2.05) is 60.7 Å². The molecule has 0 saturated carbocycles. The van der Waals surface area contributed by atoms with Gasteiger partial charge in [-0.1, -0.05) is 48.5 Å². The van der Waals surface area contributed by atoms with Crippen molar-refractivity contribution >= 4 is 23.2 Å². The van der Waals surface area contributed by atoms with E-state index in [1.165, 1.54) is 0 Å². The summed E-state index contributed by atoms with van der Waals surface area (Å²) in [5.41, 5.74) is 2.46. The Morgan fingerprint density at radius 3 is 2.64 bits per heavy atom. The Labute approximate surface area is 126 Å². The minimum Gasteiger partial charge on any atom is -0.454 e. The number of nitrogens with zero attached hydrogens (tertiary/aromatic N) is 2. The number of hydrogen-bond acceptors (Lipinski definition) is 4. The lowest BCUT2D eigenvalue weighted by Gasteiger charge is -1.88. The number of hydrogen-bond donors (Lipinski definition) is 0. The highest BCUT2D eigenvalue weighted by atomic mass is 16.4. The van der Waals surface area contributed by atoms with Crippen molar-refractivity contribution in [2.75, 3.05) is 0 Å². The lowest BCUT2D eigenvalue weighted by atomic mass is 10.2. The molecule has 0 aliphatic heterocycles. The van der Waals surface area contributed by atoms with Gasteiger partial charge < -0.3 is 8.83 Å². The number of rotatable bonds is 3. The maximum atomic E-state index is 5.76. The van der Waals surface area contributed by atoms with E-state index >= 15 is 0 Å². The van der Waals surface area contributed by atoms with Crippen LogP contribution in [0.3, 0.4) is 0 Å². The van der Waals surface area contributed by atoms with E-state index in [1.54, 1.807) is 12.5 Å². The third-order valence-corrected chi connectivity index (χ3v) is 3.29. The predicted octanol–water partition coefficient (Wildman–Crippen LogP) is 4.84. The number of aliphatic imine (C=N–C) groups is 1. The zero-order valence-corrected chi connectivity index (χ0v) is 11.6. The van der Waals surface area contributed by atoms with E-state index in [9.17, 15) is 0 Å². The average Bonchev–Trinajstić information content (AvgIpc) is 3.20. The molecular weight excluding hydrogens is 276 g/mol. The molecule has 2 aromatic heterocycles. The Balaban J connectivity index is 1.62. The standard InChI is InChI=1S/C18H12N2O2/c1-2-6-13(7-3-1)11-19-18-20-15(12-21-18)17-10-14-8-4-5-9-16(14)22-17/h1-12H/b19-11+. The van der Waals surface area contributed by atoms with Gasteiger partial charge in [-0.3, -0.25) is 0 Å². The molecule has 2 aromatic carbocycles. The van der Waals surface area contributed by atoms with Gasteiger partial charge in [0.2, 0.25) is 0 Å². The molecule has 4 nitrogen and oxygen atoms in total. The van der Waals surface area contributed by atoms with Gasteiger partial charge in [-0.15, -0.1) is 0 Å². The van der Waals surface area contributed by atoms with Crippen molar-refractivity contribution in [2.45, 2.75) is 0 Å². The fourth-order valence-corrected chi connectivity index (χ4v) is 2.21. The second-order valence-corrected chi connectivity index (χ2v) is 4.83. The second kappa shape index (κ2) is 5.33. The van der Waals surface area contributed by atoms with Crippen molar-refractivity contribution in [3.05, 3.63) is 72.5 Å². The minimum absolute atomic E-state index is 0.305. The van der Waals surface area contributed by atoms with Gasteiger partial charge >= 0.3 is 6.01 Å². The summed E-state index contributed by atoms with van der Waals surface area (Å²) in [5.74, 6) is 0.672. The largest absolute Gasteiger partial charge is 0.454 e. The summed E-state index contributed by atoms with van der Waals surface area (Å²) in [6, 6.07) is 19.9.